The smallest absolute Gasteiger partial charge is 0.138 e. The molecule has 0 aliphatic carbocycles. The van der Waals surface area contributed by atoms with Crippen LogP contribution in [-0.4, -0.2) is 19.9 Å². The van der Waals surface area contributed by atoms with Crippen molar-refractivity contribution in [3.63, 3.8) is 0 Å². The van der Waals surface area contributed by atoms with E-state index in [0.29, 0.717) is 0 Å². The lowest BCUT2D eigenvalue weighted by Crippen LogP contribution is -1.80. The van der Waals surface area contributed by atoms with Gasteiger partial charge in [0, 0.05) is 5.56 Å². The second-order valence-electron chi connectivity index (χ2n) is 5.16. The zero-order chi connectivity index (χ0) is 13.7. The summed E-state index contributed by atoms with van der Waals surface area (Å²) >= 11 is 0. The van der Waals surface area contributed by atoms with Crippen LogP contribution in [0, 0.1) is 13.8 Å². The summed E-state index contributed by atoms with van der Waals surface area (Å²) in [6, 6.07) is 12.4. The number of nitrogens with one attached hydrogen (secondary N) is 2. The highest BCUT2D eigenvalue weighted by atomic mass is 14.9. The zero-order valence-electron chi connectivity index (χ0n) is 11.4. The van der Waals surface area contributed by atoms with Gasteiger partial charge in [-0.05, 0) is 26.0 Å². The number of hydrogen-bond acceptors (Lipinski definition) is 2. The first-order valence-electron chi connectivity index (χ1n) is 6.62. The average Bonchev–Trinajstić information content (AvgIpc) is 2.97. The summed E-state index contributed by atoms with van der Waals surface area (Å²) in [5, 5.41) is 0. The molecule has 2 heterocycles. The fourth-order valence-electron chi connectivity index (χ4n) is 2.49. The number of aromatic amines is 2. The molecule has 2 aromatic heterocycles. The number of H-pyrrole nitrogens is 2. The summed E-state index contributed by atoms with van der Waals surface area (Å²) in [6.45, 7) is 4.04. The zero-order valence-corrected chi connectivity index (χ0v) is 11.4. The minimum atomic E-state index is 0.893. The van der Waals surface area contributed by atoms with Gasteiger partial charge < -0.3 is 9.97 Å². The molecular weight excluding hydrogens is 248 g/mol. The average molecular weight is 262 g/mol. The Morgan fingerprint density at radius 1 is 0.800 bits per heavy atom. The van der Waals surface area contributed by atoms with Crippen molar-refractivity contribution in [2.75, 3.05) is 0 Å². The van der Waals surface area contributed by atoms with Gasteiger partial charge in [-0.1, -0.05) is 29.8 Å². The van der Waals surface area contributed by atoms with Crippen molar-refractivity contribution >= 4 is 22.1 Å². The maximum absolute atomic E-state index is 4.66. The molecule has 2 aromatic carbocycles. The Morgan fingerprint density at radius 2 is 1.50 bits per heavy atom. The van der Waals surface area contributed by atoms with Crippen LogP contribution in [0.5, 0.6) is 0 Å². The van der Waals surface area contributed by atoms with Crippen molar-refractivity contribution in [1.82, 2.24) is 19.9 Å². The van der Waals surface area contributed by atoms with Crippen LogP contribution in [-0.2, 0) is 0 Å². The summed E-state index contributed by atoms with van der Waals surface area (Å²) < 4.78 is 0. The highest BCUT2D eigenvalue weighted by Crippen LogP contribution is 2.24. The molecule has 0 saturated heterocycles. The van der Waals surface area contributed by atoms with E-state index in [1.807, 2.05) is 13.0 Å². The van der Waals surface area contributed by atoms with Crippen molar-refractivity contribution in [3.8, 4) is 11.4 Å². The van der Waals surface area contributed by atoms with Crippen LogP contribution in [0.25, 0.3) is 33.5 Å². The van der Waals surface area contributed by atoms with E-state index in [1.54, 1.807) is 0 Å². The molecule has 0 saturated carbocycles. The van der Waals surface area contributed by atoms with Crippen LogP contribution in [0.2, 0.25) is 0 Å². The highest BCUT2D eigenvalue weighted by molar-refractivity contribution is 5.92. The highest BCUT2D eigenvalue weighted by Gasteiger charge is 2.08. The monoisotopic (exact) mass is 262 g/mol. The van der Waals surface area contributed by atoms with E-state index in [0.717, 1.165) is 39.3 Å². The summed E-state index contributed by atoms with van der Waals surface area (Å²) in [7, 11) is 0. The van der Waals surface area contributed by atoms with E-state index in [-0.39, 0.29) is 0 Å². The SMILES string of the molecule is Cc1ccc(-c2nc3cc4nc(C)[nH]c4cc3[nH]2)cc1. The predicted molar refractivity (Wildman–Crippen MR) is 80.7 cm³/mol. The first-order chi connectivity index (χ1) is 9.69. The summed E-state index contributed by atoms with van der Waals surface area (Å²) in [6.07, 6.45) is 0. The summed E-state index contributed by atoms with van der Waals surface area (Å²) in [4.78, 5) is 15.7. The lowest BCUT2D eigenvalue weighted by atomic mass is 10.1. The Bertz CT molecular complexity index is 862. The van der Waals surface area contributed by atoms with Crippen LogP contribution >= 0.6 is 0 Å². The molecule has 98 valence electrons. The van der Waals surface area contributed by atoms with Gasteiger partial charge in [0.2, 0.25) is 0 Å². The molecule has 0 radical (unpaired) electrons. The first kappa shape index (κ1) is 11.2. The molecule has 4 nitrogen and oxygen atoms in total. The molecule has 0 aliphatic rings. The predicted octanol–water partition coefficient (Wildman–Crippen LogP) is 3.72. The van der Waals surface area contributed by atoms with Gasteiger partial charge in [-0.25, -0.2) is 9.97 Å². The van der Waals surface area contributed by atoms with E-state index in [2.05, 4.69) is 57.2 Å². The third-order valence-electron chi connectivity index (χ3n) is 3.53. The van der Waals surface area contributed by atoms with Crippen LogP contribution in [0.15, 0.2) is 36.4 Å². The molecule has 0 amide bonds. The lowest BCUT2D eigenvalue weighted by molar-refractivity contribution is 1.17. The lowest BCUT2D eigenvalue weighted by Gasteiger charge is -1.96. The number of hydrogen-bond donors (Lipinski definition) is 2. The molecule has 0 bridgehead atoms. The molecule has 20 heavy (non-hydrogen) atoms. The van der Waals surface area contributed by atoms with E-state index in [9.17, 15) is 0 Å². The minimum Gasteiger partial charge on any atom is -0.342 e. The molecule has 4 heteroatoms. The van der Waals surface area contributed by atoms with Crippen LogP contribution in [0.3, 0.4) is 0 Å². The van der Waals surface area contributed by atoms with Crippen molar-refractivity contribution in [3.05, 3.63) is 47.8 Å². The molecule has 4 aromatic rings. The number of benzene rings is 2. The Kier molecular flexibility index (Phi) is 2.21. The topological polar surface area (TPSA) is 57.4 Å². The van der Waals surface area contributed by atoms with Gasteiger partial charge in [-0.15, -0.1) is 0 Å². The van der Waals surface area contributed by atoms with Crippen LogP contribution in [0.1, 0.15) is 11.4 Å². The van der Waals surface area contributed by atoms with Crippen LogP contribution < -0.4 is 0 Å². The van der Waals surface area contributed by atoms with Crippen molar-refractivity contribution < 1.29 is 0 Å². The van der Waals surface area contributed by atoms with Gasteiger partial charge >= 0.3 is 0 Å². The minimum absolute atomic E-state index is 0.893. The molecule has 4 rings (SSSR count). The van der Waals surface area contributed by atoms with Gasteiger partial charge in [0.1, 0.15) is 11.6 Å². The first-order valence-corrected chi connectivity index (χ1v) is 6.62. The fourth-order valence-corrected chi connectivity index (χ4v) is 2.49. The van der Waals surface area contributed by atoms with E-state index < -0.39 is 0 Å². The number of fused-ring (bicyclic) bond motifs is 2. The van der Waals surface area contributed by atoms with Gasteiger partial charge in [0.15, 0.2) is 0 Å². The maximum atomic E-state index is 4.66. The third kappa shape index (κ3) is 1.69. The largest absolute Gasteiger partial charge is 0.342 e. The van der Waals surface area contributed by atoms with E-state index >= 15 is 0 Å². The Labute approximate surface area is 115 Å². The summed E-state index contributed by atoms with van der Waals surface area (Å²) in [5.74, 6) is 1.82. The number of rotatable bonds is 1. The second kappa shape index (κ2) is 3.93. The Morgan fingerprint density at radius 3 is 2.30 bits per heavy atom. The maximum Gasteiger partial charge on any atom is 0.138 e. The molecule has 0 aliphatic heterocycles. The third-order valence-corrected chi connectivity index (χ3v) is 3.53. The molecule has 0 unspecified atom stereocenters. The van der Waals surface area contributed by atoms with Gasteiger partial charge in [-0.2, -0.15) is 0 Å². The number of aromatic nitrogens is 4. The Balaban J connectivity index is 1.91. The molecule has 0 fully saturated rings. The standard InChI is InChI=1S/C16H14N4/c1-9-3-5-11(6-4-9)16-19-14-7-12-13(8-15(14)20-16)18-10(2)17-12/h3-8H,1-2H3,(H,17,18)(H,19,20). The number of nitrogens with zero attached hydrogens (tertiary/aromatic N) is 2. The molecule has 2 N–H and O–H groups in total. The van der Waals surface area contributed by atoms with E-state index in [1.165, 1.54) is 5.56 Å². The quantitative estimate of drug-likeness (QED) is 0.549. The van der Waals surface area contributed by atoms with Crippen molar-refractivity contribution in [2.24, 2.45) is 0 Å². The van der Waals surface area contributed by atoms with E-state index in [4.69, 9.17) is 0 Å². The summed E-state index contributed by atoms with van der Waals surface area (Å²) in [5.41, 5.74) is 6.31. The number of imidazole rings is 2. The van der Waals surface area contributed by atoms with Crippen molar-refractivity contribution in [2.45, 2.75) is 13.8 Å². The number of aryl methyl sites for hydroxylation is 2. The van der Waals surface area contributed by atoms with Crippen molar-refractivity contribution in [1.29, 1.82) is 0 Å². The van der Waals surface area contributed by atoms with Gasteiger partial charge in [0.25, 0.3) is 0 Å². The molecular formula is C16H14N4. The molecule has 0 atom stereocenters. The normalized spacial score (nSPS) is 11.5. The second-order valence-corrected chi connectivity index (χ2v) is 5.16. The van der Waals surface area contributed by atoms with Gasteiger partial charge in [0.05, 0.1) is 22.1 Å². The molecule has 0 spiro atoms. The van der Waals surface area contributed by atoms with Crippen LogP contribution in [0.4, 0.5) is 0 Å². The fraction of sp³-hybridized carbons (Fsp3) is 0.125. The Hall–Kier alpha value is -2.62. The van der Waals surface area contributed by atoms with Gasteiger partial charge in [-0.3, -0.25) is 0 Å².